The Bertz CT molecular complexity index is 285. The molecule has 1 aromatic carbocycles. The highest BCUT2D eigenvalue weighted by molar-refractivity contribution is 9.10. The Hall–Kier alpha value is -0.550. The zero-order valence-electron chi connectivity index (χ0n) is 6.44. The van der Waals surface area contributed by atoms with Crippen molar-refractivity contribution in [2.45, 2.75) is 13.0 Å². The Balaban J connectivity index is 2.55. The number of hydrogen-bond donors (Lipinski definition) is 0. The van der Waals surface area contributed by atoms with Crippen LogP contribution in [0.15, 0.2) is 28.7 Å². The molecule has 72 valence electrons. The van der Waals surface area contributed by atoms with Gasteiger partial charge in [-0.25, -0.2) is 0 Å². The van der Waals surface area contributed by atoms with Gasteiger partial charge in [0.15, 0.2) is 0 Å². The van der Waals surface area contributed by atoms with Crippen LogP contribution in [0, 0.1) is 0 Å². The van der Waals surface area contributed by atoms with Gasteiger partial charge in [0.2, 0.25) is 0 Å². The summed E-state index contributed by atoms with van der Waals surface area (Å²) in [6.07, 6.45) is -4.57. The van der Waals surface area contributed by atoms with Crippen LogP contribution in [0.3, 0.4) is 0 Å². The molecule has 0 heterocycles. The molecule has 0 saturated carbocycles. The molecule has 0 amide bonds. The lowest BCUT2D eigenvalue weighted by Gasteiger charge is -2.06. The number of halogens is 4. The first-order chi connectivity index (χ1) is 5.97. The summed E-state index contributed by atoms with van der Waals surface area (Å²) in [4.78, 5) is 0. The number of benzene rings is 1. The van der Waals surface area contributed by atoms with E-state index in [1.807, 2.05) is 0 Å². The van der Waals surface area contributed by atoms with Gasteiger partial charge in [-0.05, 0) is 17.7 Å². The molecular formula is C8H6BrF3O. The lowest BCUT2D eigenvalue weighted by atomic mass is 10.2. The van der Waals surface area contributed by atoms with Crippen molar-refractivity contribution in [3.05, 3.63) is 34.3 Å². The van der Waals surface area contributed by atoms with Gasteiger partial charge in [-0.3, -0.25) is 4.74 Å². The average molecular weight is 255 g/mol. The number of rotatable bonds is 2. The van der Waals surface area contributed by atoms with Crippen LogP contribution in [0.4, 0.5) is 13.2 Å². The predicted octanol–water partition coefficient (Wildman–Crippen LogP) is 3.49. The third-order valence-corrected chi connectivity index (χ3v) is 1.78. The molecule has 1 nitrogen and oxygen atoms in total. The van der Waals surface area contributed by atoms with Crippen LogP contribution in [0.2, 0.25) is 0 Å². The number of hydrogen-bond acceptors (Lipinski definition) is 1. The van der Waals surface area contributed by atoms with Crippen molar-refractivity contribution in [1.29, 1.82) is 0 Å². The Morgan fingerprint density at radius 2 is 2.00 bits per heavy atom. The third kappa shape index (κ3) is 4.28. The van der Waals surface area contributed by atoms with E-state index in [9.17, 15) is 13.2 Å². The quantitative estimate of drug-likeness (QED) is 0.785. The third-order valence-electron chi connectivity index (χ3n) is 1.29. The normalized spacial score (nSPS) is 11.7. The lowest BCUT2D eigenvalue weighted by molar-refractivity contribution is -0.330. The van der Waals surface area contributed by atoms with Crippen LogP contribution >= 0.6 is 15.9 Å². The first-order valence-electron chi connectivity index (χ1n) is 3.42. The Morgan fingerprint density at radius 1 is 1.31 bits per heavy atom. The van der Waals surface area contributed by atoms with Gasteiger partial charge in [0, 0.05) is 4.47 Å². The molecule has 0 aliphatic rings. The van der Waals surface area contributed by atoms with E-state index in [1.165, 1.54) is 0 Å². The first-order valence-corrected chi connectivity index (χ1v) is 4.22. The molecule has 0 aliphatic carbocycles. The molecular weight excluding hydrogens is 249 g/mol. The van der Waals surface area contributed by atoms with E-state index in [2.05, 4.69) is 20.7 Å². The minimum atomic E-state index is -4.57. The minimum absolute atomic E-state index is 0.455. The fourth-order valence-corrected chi connectivity index (χ4v) is 1.24. The molecule has 1 rings (SSSR count). The highest BCUT2D eigenvalue weighted by Crippen LogP contribution is 2.20. The van der Waals surface area contributed by atoms with Crippen LogP contribution in [0.1, 0.15) is 5.56 Å². The van der Waals surface area contributed by atoms with E-state index >= 15 is 0 Å². The van der Waals surface area contributed by atoms with Crippen molar-refractivity contribution in [2.75, 3.05) is 0 Å². The average Bonchev–Trinajstić information content (AvgIpc) is 2.00. The maximum Gasteiger partial charge on any atom is 0.522 e. The van der Waals surface area contributed by atoms with Gasteiger partial charge in [-0.2, -0.15) is 0 Å². The monoisotopic (exact) mass is 254 g/mol. The lowest BCUT2D eigenvalue weighted by Crippen LogP contribution is -2.12. The minimum Gasteiger partial charge on any atom is -0.287 e. The van der Waals surface area contributed by atoms with Gasteiger partial charge in [-0.15, -0.1) is 13.2 Å². The summed E-state index contributed by atoms with van der Waals surface area (Å²) in [6, 6.07) is 6.53. The van der Waals surface area contributed by atoms with Gasteiger partial charge in [0.1, 0.15) is 0 Å². The van der Waals surface area contributed by atoms with Gasteiger partial charge in [-0.1, -0.05) is 28.1 Å². The number of alkyl halides is 3. The van der Waals surface area contributed by atoms with E-state index < -0.39 is 13.0 Å². The van der Waals surface area contributed by atoms with Crippen molar-refractivity contribution in [2.24, 2.45) is 0 Å². The van der Waals surface area contributed by atoms with Crippen molar-refractivity contribution in [1.82, 2.24) is 0 Å². The van der Waals surface area contributed by atoms with Crippen molar-refractivity contribution in [3.63, 3.8) is 0 Å². The first kappa shape index (κ1) is 10.5. The Labute approximate surface area is 81.6 Å². The topological polar surface area (TPSA) is 9.23 Å². The van der Waals surface area contributed by atoms with Crippen molar-refractivity contribution >= 4 is 15.9 Å². The molecule has 5 heteroatoms. The molecule has 0 fully saturated rings. The summed E-state index contributed by atoms with van der Waals surface area (Å²) < 4.78 is 39.2. The largest absolute Gasteiger partial charge is 0.522 e. The predicted molar refractivity (Wildman–Crippen MR) is 45.0 cm³/mol. The molecule has 0 spiro atoms. The second kappa shape index (κ2) is 4.11. The van der Waals surface area contributed by atoms with Crippen molar-refractivity contribution in [3.8, 4) is 0 Å². The van der Waals surface area contributed by atoms with Crippen LogP contribution in [-0.2, 0) is 11.3 Å². The van der Waals surface area contributed by atoms with Gasteiger partial charge >= 0.3 is 6.36 Å². The van der Waals surface area contributed by atoms with E-state index in [4.69, 9.17) is 0 Å². The summed E-state index contributed by atoms with van der Waals surface area (Å²) in [7, 11) is 0. The molecule has 0 unspecified atom stereocenters. The summed E-state index contributed by atoms with van der Waals surface area (Å²) in [5, 5.41) is 0. The molecule has 0 aliphatic heterocycles. The molecule has 13 heavy (non-hydrogen) atoms. The van der Waals surface area contributed by atoms with Crippen molar-refractivity contribution < 1.29 is 17.9 Å². The molecule has 0 radical (unpaired) electrons. The zero-order valence-corrected chi connectivity index (χ0v) is 8.02. The van der Waals surface area contributed by atoms with Gasteiger partial charge in [0.05, 0.1) is 6.61 Å². The maximum atomic E-state index is 11.6. The zero-order chi connectivity index (χ0) is 9.90. The Morgan fingerprint density at radius 3 is 2.54 bits per heavy atom. The number of ether oxygens (including phenoxy) is 1. The highest BCUT2D eigenvalue weighted by atomic mass is 79.9. The standard InChI is InChI=1S/C8H6BrF3O/c9-7-3-1-2-6(4-7)5-13-8(10,11)12/h1-4H,5H2. The summed E-state index contributed by atoms with van der Waals surface area (Å²) in [5.41, 5.74) is 0.478. The van der Waals surface area contributed by atoms with Crippen LogP contribution in [0.5, 0.6) is 0 Å². The van der Waals surface area contributed by atoms with E-state index in [0.29, 0.717) is 5.56 Å². The fourth-order valence-electron chi connectivity index (χ4n) is 0.792. The molecule has 0 aromatic heterocycles. The Kier molecular flexibility index (Phi) is 3.33. The van der Waals surface area contributed by atoms with E-state index in [0.717, 1.165) is 4.47 Å². The fraction of sp³-hybridized carbons (Fsp3) is 0.250. The summed E-state index contributed by atoms with van der Waals surface area (Å²) in [5.74, 6) is 0. The summed E-state index contributed by atoms with van der Waals surface area (Å²) in [6.45, 7) is -0.455. The second-order valence-corrected chi connectivity index (χ2v) is 3.28. The smallest absolute Gasteiger partial charge is 0.287 e. The molecule has 0 saturated heterocycles. The van der Waals surface area contributed by atoms with E-state index in [-0.39, 0.29) is 0 Å². The maximum absolute atomic E-state index is 11.6. The summed E-state index contributed by atoms with van der Waals surface area (Å²) >= 11 is 3.15. The van der Waals surface area contributed by atoms with Gasteiger partial charge in [0.25, 0.3) is 0 Å². The molecule has 0 bridgehead atoms. The molecule has 0 N–H and O–H groups in total. The highest BCUT2D eigenvalue weighted by Gasteiger charge is 2.28. The van der Waals surface area contributed by atoms with Crippen LogP contribution in [0.25, 0.3) is 0 Å². The van der Waals surface area contributed by atoms with Crippen LogP contribution in [-0.4, -0.2) is 6.36 Å². The SMILES string of the molecule is FC(F)(F)OCc1cccc(Br)c1. The molecule has 1 aromatic rings. The second-order valence-electron chi connectivity index (χ2n) is 2.36. The van der Waals surface area contributed by atoms with E-state index in [1.54, 1.807) is 24.3 Å². The molecule has 0 atom stereocenters. The van der Waals surface area contributed by atoms with Crippen LogP contribution < -0.4 is 0 Å². The van der Waals surface area contributed by atoms with Gasteiger partial charge < -0.3 is 0 Å².